The van der Waals surface area contributed by atoms with E-state index in [0.29, 0.717) is 35.9 Å². The van der Waals surface area contributed by atoms with Gasteiger partial charge < -0.3 is 25.0 Å². The molecule has 13 heteroatoms. The van der Waals surface area contributed by atoms with Crippen LogP contribution in [0.15, 0.2) is 42.7 Å². The largest absolute Gasteiger partial charge is 0.492 e. The summed E-state index contributed by atoms with van der Waals surface area (Å²) in [7, 11) is -2.21. The zero-order chi connectivity index (χ0) is 29.9. The number of amides is 2. The number of nitrogens with one attached hydrogen (secondary N) is 3. The molecule has 0 spiro atoms. The molecule has 0 atom stereocenters. The summed E-state index contributed by atoms with van der Waals surface area (Å²) in [5.41, 5.74) is 2.04. The van der Waals surface area contributed by atoms with Gasteiger partial charge >= 0.3 is 0 Å². The molecule has 3 aromatic rings. The average molecular weight is 583 g/mol. The normalized spacial score (nSPS) is 13.8. The number of aryl methyl sites for hydroxylation is 1. The molecule has 0 bridgehead atoms. The van der Waals surface area contributed by atoms with Crippen LogP contribution >= 0.6 is 0 Å². The third kappa shape index (κ3) is 7.42. The predicted molar refractivity (Wildman–Crippen MR) is 157 cm³/mol. The second-order valence-electron chi connectivity index (χ2n) is 10.8. The second-order valence-corrected chi connectivity index (χ2v) is 12.5. The number of nitrogens with zero attached hydrogens (tertiary/aromatic N) is 3. The van der Waals surface area contributed by atoms with Crippen LogP contribution in [-0.2, 0) is 20.2 Å². The van der Waals surface area contributed by atoms with Gasteiger partial charge in [-0.3, -0.25) is 14.3 Å². The van der Waals surface area contributed by atoms with E-state index in [9.17, 15) is 18.0 Å². The molecule has 2 aromatic carbocycles. The Kier molecular flexibility index (Phi) is 8.38. The van der Waals surface area contributed by atoms with E-state index in [2.05, 4.69) is 25.3 Å². The van der Waals surface area contributed by atoms with E-state index in [-0.39, 0.29) is 35.2 Å². The highest BCUT2D eigenvalue weighted by atomic mass is 32.2. The van der Waals surface area contributed by atoms with Gasteiger partial charge in [0.25, 0.3) is 5.91 Å². The van der Waals surface area contributed by atoms with Crippen molar-refractivity contribution in [2.45, 2.75) is 33.1 Å². The van der Waals surface area contributed by atoms with Crippen LogP contribution < -0.4 is 29.7 Å². The number of anilines is 3. The van der Waals surface area contributed by atoms with Crippen LogP contribution in [0.5, 0.6) is 17.4 Å². The number of rotatable bonds is 8. The standard InChI is InChI=1S/C28H34N6O6S/c1-17-7-8-18(11-22(17)40-25-14-23(30-16-31-25)34-10-9-29-24(35)15-34)27(36)32-20-12-19(28(2,3)4)13-21(26(20)39-5)33-41(6,37)38/h7-8,11-14,16,33H,9-10,15H2,1-6H3,(H,29,35)(H,32,36). The summed E-state index contributed by atoms with van der Waals surface area (Å²) in [5.74, 6) is 0.871. The van der Waals surface area contributed by atoms with Gasteiger partial charge in [-0.05, 0) is 47.7 Å². The van der Waals surface area contributed by atoms with Gasteiger partial charge in [-0.2, -0.15) is 0 Å². The van der Waals surface area contributed by atoms with Crippen molar-refractivity contribution in [2.24, 2.45) is 0 Å². The third-order valence-electron chi connectivity index (χ3n) is 6.36. The number of sulfonamides is 1. The maximum Gasteiger partial charge on any atom is 0.255 e. The van der Waals surface area contributed by atoms with Crippen LogP contribution in [0.4, 0.5) is 17.2 Å². The molecule has 0 unspecified atom stereocenters. The van der Waals surface area contributed by atoms with E-state index in [1.807, 2.05) is 32.6 Å². The van der Waals surface area contributed by atoms with E-state index >= 15 is 0 Å². The SMILES string of the molecule is COc1c(NC(=O)c2ccc(C)c(Oc3cc(N4CCNC(=O)C4)ncn3)c2)cc(C(C)(C)C)cc1NS(C)(=O)=O. The Bertz CT molecular complexity index is 1590. The summed E-state index contributed by atoms with van der Waals surface area (Å²) in [6, 6.07) is 10.1. The molecule has 12 nitrogen and oxygen atoms in total. The van der Waals surface area contributed by atoms with Crippen LogP contribution in [0.3, 0.4) is 0 Å². The van der Waals surface area contributed by atoms with Crippen molar-refractivity contribution in [3.63, 3.8) is 0 Å². The fourth-order valence-corrected chi connectivity index (χ4v) is 4.75. The number of benzene rings is 2. The van der Waals surface area contributed by atoms with Crippen molar-refractivity contribution in [3.8, 4) is 17.4 Å². The van der Waals surface area contributed by atoms with Crippen molar-refractivity contribution in [1.82, 2.24) is 15.3 Å². The molecule has 3 N–H and O–H groups in total. The van der Waals surface area contributed by atoms with Crippen LogP contribution in [0.1, 0.15) is 42.3 Å². The number of carbonyl (C=O) groups is 2. The number of hydrogen-bond donors (Lipinski definition) is 3. The second kappa shape index (κ2) is 11.6. The average Bonchev–Trinajstić information content (AvgIpc) is 2.88. The summed E-state index contributed by atoms with van der Waals surface area (Å²) in [6.07, 6.45) is 2.41. The van der Waals surface area contributed by atoms with Crippen molar-refractivity contribution >= 4 is 39.0 Å². The van der Waals surface area contributed by atoms with Gasteiger partial charge in [0.15, 0.2) is 5.75 Å². The Morgan fingerprint density at radius 3 is 2.49 bits per heavy atom. The Morgan fingerprint density at radius 1 is 1.10 bits per heavy atom. The molecule has 0 saturated carbocycles. The van der Waals surface area contributed by atoms with E-state index in [1.165, 1.54) is 13.4 Å². The van der Waals surface area contributed by atoms with Gasteiger partial charge in [0.1, 0.15) is 17.9 Å². The fraction of sp³-hybridized carbons (Fsp3) is 0.357. The predicted octanol–water partition coefficient (Wildman–Crippen LogP) is 3.44. The van der Waals surface area contributed by atoms with Gasteiger partial charge in [0, 0.05) is 24.7 Å². The summed E-state index contributed by atoms with van der Waals surface area (Å²) in [5, 5.41) is 5.64. The molecule has 1 saturated heterocycles. The lowest BCUT2D eigenvalue weighted by Gasteiger charge is -2.27. The zero-order valence-electron chi connectivity index (χ0n) is 23.9. The van der Waals surface area contributed by atoms with Gasteiger partial charge in [-0.1, -0.05) is 26.8 Å². The topological polar surface area (TPSA) is 152 Å². The van der Waals surface area contributed by atoms with Crippen LogP contribution in [-0.4, -0.2) is 63.2 Å². The maximum absolute atomic E-state index is 13.4. The number of hydrogen-bond acceptors (Lipinski definition) is 9. The molecule has 1 aromatic heterocycles. The molecule has 0 radical (unpaired) electrons. The molecule has 0 aliphatic carbocycles. The first-order valence-corrected chi connectivity index (χ1v) is 14.8. The molecule has 1 fully saturated rings. The van der Waals surface area contributed by atoms with Gasteiger partial charge in [0.05, 0.1) is 31.3 Å². The van der Waals surface area contributed by atoms with Crippen molar-refractivity contribution in [2.75, 3.05) is 47.9 Å². The molecule has 1 aliphatic rings. The highest BCUT2D eigenvalue weighted by Crippen LogP contribution is 2.39. The van der Waals surface area contributed by atoms with E-state index in [0.717, 1.165) is 17.4 Å². The van der Waals surface area contributed by atoms with Crippen LogP contribution in [0, 0.1) is 6.92 Å². The first kappa shape index (κ1) is 29.6. The first-order chi connectivity index (χ1) is 19.2. The van der Waals surface area contributed by atoms with Gasteiger partial charge in [-0.15, -0.1) is 0 Å². The molecular formula is C28H34N6O6S. The zero-order valence-corrected chi connectivity index (χ0v) is 24.7. The maximum atomic E-state index is 13.4. The molecular weight excluding hydrogens is 548 g/mol. The molecule has 2 heterocycles. The number of aromatic nitrogens is 2. The van der Waals surface area contributed by atoms with Crippen LogP contribution in [0.2, 0.25) is 0 Å². The summed E-state index contributed by atoms with van der Waals surface area (Å²) in [6.45, 7) is 9.09. The lowest BCUT2D eigenvalue weighted by molar-refractivity contribution is -0.120. The highest BCUT2D eigenvalue weighted by Gasteiger charge is 2.23. The minimum atomic E-state index is -3.62. The lowest BCUT2D eigenvalue weighted by atomic mass is 9.86. The summed E-state index contributed by atoms with van der Waals surface area (Å²) < 4.78 is 38.1. The lowest BCUT2D eigenvalue weighted by Crippen LogP contribution is -2.48. The van der Waals surface area contributed by atoms with Gasteiger partial charge in [0.2, 0.25) is 21.8 Å². The summed E-state index contributed by atoms with van der Waals surface area (Å²) in [4.78, 5) is 35.5. The number of carbonyl (C=O) groups excluding carboxylic acids is 2. The number of methoxy groups -OCH3 is 1. The molecule has 1 aliphatic heterocycles. The smallest absolute Gasteiger partial charge is 0.255 e. The van der Waals surface area contributed by atoms with Crippen molar-refractivity contribution < 1.29 is 27.5 Å². The highest BCUT2D eigenvalue weighted by molar-refractivity contribution is 7.92. The Labute approximate surface area is 239 Å². The quantitative estimate of drug-likeness (QED) is 0.363. The number of ether oxygens (including phenoxy) is 2. The molecule has 41 heavy (non-hydrogen) atoms. The molecule has 4 rings (SSSR count). The molecule has 2 amide bonds. The monoisotopic (exact) mass is 582 g/mol. The Hall–Kier alpha value is -4.39. The minimum Gasteiger partial charge on any atom is -0.492 e. The van der Waals surface area contributed by atoms with E-state index in [1.54, 1.807) is 36.4 Å². The number of piperazine rings is 1. The summed E-state index contributed by atoms with van der Waals surface area (Å²) >= 11 is 0. The van der Waals surface area contributed by atoms with Gasteiger partial charge in [-0.25, -0.2) is 18.4 Å². The Balaban J connectivity index is 1.62. The van der Waals surface area contributed by atoms with E-state index in [4.69, 9.17) is 9.47 Å². The minimum absolute atomic E-state index is 0.0872. The van der Waals surface area contributed by atoms with E-state index < -0.39 is 15.9 Å². The third-order valence-corrected chi connectivity index (χ3v) is 6.95. The van der Waals surface area contributed by atoms with Crippen molar-refractivity contribution in [3.05, 3.63) is 59.4 Å². The van der Waals surface area contributed by atoms with Crippen molar-refractivity contribution in [1.29, 1.82) is 0 Å². The molecule has 218 valence electrons. The first-order valence-electron chi connectivity index (χ1n) is 12.9. The fourth-order valence-electron chi connectivity index (χ4n) is 4.20. The van der Waals surface area contributed by atoms with Crippen LogP contribution in [0.25, 0.3) is 0 Å². The Morgan fingerprint density at radius 2 is 1.83 bits per heavy atom.